The van der Waals surface area contributed by atoms with Crippen LogP contribution in [0.3, 0.4) is 0 Å². The second-order valence-electron chi connectivity index (χ2n) is 13.5. The summed E-state index contributed by atoms with van der Waals surface area (Å²) < 4.78 is 23.5. The van der Waals surface area contributed by atoms with E-state index in [2.05, 4.69) is 35.0 Å². The zero-order chi connectivity index (χ0) is 29.7. The smallest absolute Gasteiger partial charge is 0.308 e. The minimum absolute atomic E-state index is 0.0183. The van der Waals surface area contributed by atoms with Gasteiger partial charge in [-0.05, 0) is 85.5 Å². The Kier molecular flexibility index (Phi) is 10.7. The van der Waals surface area contributed by atoms with E-state index < -0.39 is 5.79 Å². The van der Waals surface area contributed by atoms with E-state index >= 15 is 0 Å². The SMILES string of the molecule is CC(=O)OCCCCCCCCCCC[C@@H]1Cc2cc(OC(C)=O)ccc2[C@H]2CC[C@@]3(C)[C@@H](C[C@H](Br)C34OCCO4)[C@H]12. The van der Waals surface area contributed by atoms with E-state index in [1.165, 1.54) is 76.3 Å². The summed E-state index contributed by atoms with van der Waals surface area (Å²) in [5, 5.41) is 0. The molecule has 0 aromatic heterocycles. The molecule has 0 unspecified atom stereocenters. The van der Waals surface area contributed by atoms with Gasteiger partial charge in [0, 0.05) is 19.3 Å². The first-order valence-corrected chi connectivity index (χ1v) is 17.5. The number of esters is 2. The minimum Gasteiger partial charge on any atom is -0.466 e. The lowest BCUT2D eigenvalue weighted by Crippen LogP contribution is -2.55. The molecule has 1 heterocycles. The molecule has 234 valence electrons. The summed E-state index contributed by atoms with van der Waals surface area (Å²) in [5.74, 6) is 2.09. The molecule has 1 saturated heterocycles. The maximum atomic E-state index is 11.7. The van der Waals surface area contributed by atoms with Gasteiger partial charge in [-0.3, -0.25) is 9.59 Å². The van der Waals surface area contributed by atoms with E-state index in [-0.39, 0.29) is 22.2 Å². The first-order valence-electron chi connectivity index (χ1n) is 16.6. The number of carbonyl (C=O) groups is 2. The number of benzene rings is 1. The molecule has 1 aromatic carbocycles. The summed E-state index contributed by atoms with van der Waals surface area (Å²) >= 11 is 4.05. The Morgan fingerprint density at radius 2 is 1.62 bits per heavy atom. The van der Waals surface area contributed by atoms with Crippen LogP contribution < -0.4 is 4.74 Å². The van der Waals surface area contributed by atoms with Gasteiger partial charge in [0.15, 0.2) is 5.79 Å². The van der Waals surface area contributed by atoms with Crippen molar-refractivity contribution >= 4 is 27.9 Å². The Morgan fingerprint density at radius 1 is 0.952 bits per heavy atom. The van der Waals surface area contributed by atoms with Crippen molar-refractivity contribution in [2.75, 3.05) is 19.8 Å². The van der Waals surface area contributed by atoms with Crippen LogP contribution >= 0.6 is 15.9 Å². The molecule has 0 radical (unpaired) electrons. The van der Waals surface area contributed by atoms with Crippen molar-refractivity contribution in [1.29, 1.82) is 0 Å². The number of unbranched alkanes of at least 4 members (excludes halogenated alkanes) is 8. The lowest BCUT2D eigenvalue weighted by Gasteiger charge is -2.55. The van der Waals surface area contributed by atoms with Crippen LogP contribution in [0.1, 0.15) is 121 Å². The van der Waals surface area contributed by atoms with Crippen LogP contribution in [0.25, 0.3) is 0 Å². The van der Waals surface area contributed by atoms with E-state index in [1.807, 2.05) is 6.07 Å². The molecule has 4 aliphatic rings. The summed E-state index contributed by atoms with van der Waals surface area (Å²) in [7, 11) is 0. The molecular formula is C35H51BrO6. The van der Waals surface area contributed by atoms with Crippen LogP contribution in [0.4, 0.5) is 0 Å². The Hall–Kier alpha value is -1.44. The number of ether oxygens (including phenoxy) is 4. The number of carbonyl (C=O) groups excluding carboxylic acids is 2. The summed E-state index contributed by atoms with van der Waals surface area (Å²) in [4.78, 5) is 22.8. The zero-order valence-corrected chi connectivity index (χ0v) is 27.6. The lowest BCUT2D eigenvalue weighted by molar-refractivity contribution is -0.235. The van der Waals surface area contributed by atoms with E-state index in [9.17, 15) is 9.59 Å². The monoisotopic (exact) mass is 646 g/mol. The fourth-order valence-electron chi connectivity index (χ4n) is 9.11. The first kappa shape index (κ1) is 32.0. The minimum atomic E-state index is -0.493. The molecule has 1 aromatic rings. The van der Waals surface area contributed by atoms with Crippen molar-refractivity contribution in [2.24, 2.45) is 23.2 Å². The standard InChI is InChI=1S/C35H51BrO6/c1-24(37)39-18-12-10-8-6-4-5-7-9-11-13-26-21-27-22-28(42-25(2)38)14-15-29(27)30-16-17-34(3)31(33(26)30)23-32(36)35(34)40-19-20-41-35/h14-15,22,26,30-33H,4-13,16-21,23H2,1-3H3/t26-,30-,31+,32+,33-,34+/m1/s1. The molecular weight excluding hydrogens is 596 g/mol. The van der Waals surface area contributed by atoms with Crippen molar-refractivity contribution in [2.45, 2.75) is 127 Å². The van der Waals surface area contributed by atoms with Crippen LogP contribution in [0.5, 0.6) is 5.75 Å². The average molecular weight is 648 g/mol. The lowest BCUT2D eigenvalue weighted by atomic mass is 9.51. The average Bonchev–Trinajstić information content (AvgIpc) is 3.53. The molecule has 6 nitrogen and oxygen atoms in total. The molecule has 7 heteroatoms. The first-order chi connectivity index (χ1) is 20.2. The predicted octanol–water partition coefficient (Wildman–Crippen LogP) is 8.27. The molecule has 3 fully saturated rings. The molecule has 0 bridgehead atoms. The van der Waals surface area contributed by atoms with Crippen molar-refractivity contribution in [3.05, 3.63) is 29.3 Å². The van der Waals surface area contributed by atoms with Crippen molar-refractivity contribution < 1.29 is 28.5 Å². The van der Waals surface area contributed by atoms with E-state index in [0.29, 0.717) is 49.2 Å². The Bertz CT molecular complexity index is 1080. The van der Waals surface area contributed by atoms with Gasteiger partial charge in [0.2, 0.25) is 0 Å². The topological polar surface area (TPSA) is 71.1 Å². The summed E-state index contributed by atoms with van der Waals surface area (Å²) in [6.45, 7) is 7.35. The highest BCUT2D eigenvalue weighted by molar-refractivity contribution is 9.09. The number of halogens is 1. The van der Waals surface area contributed by atoms with Gasteiger partial charge in [-0.25, -0.2) is 0 Å². The number of alkyl halides is 1. The number of fused-ring (bicyclic) bond motifs is 6. The van der Waals surface area contributed by atoms with Gasteiger partial charge in [0.25, 0.3) is 0 Å². The van der Waals surface area contributed by atoms with E-state index in [4.69, 9.17) is 18.9 Å². The van der Waals surface area contributed by atoms with Gasteiger partial charge >= 0.3 is 11.9 Å². The van der Waals surface area contributed by atoms with Gasteiger partial charge in [0.05, 0.1) is 24.6 Å². The fraction of sp³-hybridized carbons (Fsp3) is 0.771. The van der Waals surface area contributed by atoms with Gasteiger partial charge in [-0.2, -0.15) is 0 Å². The highest BCUT2D eigenvalue weighted by Crippen LogP contribution is 2.68. The molecule has 6 atom stereocenters. The molecule has 1 spiro atoms. The second kappa shape index (κ2) is 14.1. The zero-order valence-electron chi connectivity index (χ0n) is 26.0. The maximum absolute atomic E-state index is 11.7. The van der Waals surface area contributed by atoms with Gasteiger partial charge in [0.1, 0.15) is 5.75 Å². The molecule has 42 heavy (non-hydrogen) atoms. The Labute approximate surface area is 261 Å². The molecule has 5 rings (SSSR count). The van der Waals surface area contributed by atoms with E-state index in [1.54, 1.807) is 0 Å². The predicted molar refractivity (Wildman–Crippen MR) is 167 cm³/mol. The molecule has 1 aliphatic heterocycles. The van der Waals surface area contributed by atoms with Crippen LogP contribution in [0, 0.1) is 23.2 Å². The fourth-order valence-corrected chi connectivity index (χ4v) is 10.3. The largest absolute Gasteiger partial charge is 0.466 e. The highest BCUT2D eigenvalue weighted by Gasteiger charge is 2.69. The Balaban J connectivity index is 1.20. The molecule has 0 N–H and O–H groups in total. The molecule has 2 saturated carbocycles. The normalized spacial score (nSPS) is 30.9. The van der Waals surface area contributed by atoms with Crippen LogP contribution in [-0.2, 0) is 30.2 Å². The Morgan fingerprint density at radius 3 is 2.29 bits per heavy atom. The van der Waals surface area contributed by atoms with Gasteiger partial charge in [-0.15, -0.1) is 0 Å². The van der Waals surface area contributed by atoms with Crippen molar-refractivity contribution in [3.8, 4) is 5.75 Å². The van der Waals surface area contributed by atoms with E-state index in [0.717, 1.165) is 38.5 Å². The third-order valence-electron chi connectivity index (χ3n) is 10.9. The van der Waals surface area contributed by atoms with Crippen LogP contribution in [-0.4, -0.2) is 42.4 Å². The number of hydrogen-bond acceptors (Lipinski definition) is 6. The van der Waals surface area contributed by atoms with Gasteiger partial charge < -0.3 is 18.9 Å². The highest BCUT2D eigenvalue weighted by atomic mass is 79.9. The third kappa shape index (κ3) is 6.63. The molecule has 0 amide bonds. The van der Waals surface area contributed by atoms with Gasteiger partial charge in [-0.1, -0.05) is 80.3 Å². The molecule has 3 aliphatic carbocycles. The summed E-state index contributed by atoms with van der Waals surface area (Å²) in [6.07, 6.45) is 16.8. The number of rotatable bonds is 13. The van der Waals surface area contributed by atoms with Crippen molar-refractivity contribution in [1.82, 2.24) is 0 Å². The maximum Gasteiger partial charge on any atom is 0.308 e. The third-order valence-corrected chi connectivity index (χ3v) is 11.9. The van der Waals surface area contributed by atoms with Crippen LogP contribution in [0.15, 0.2) is 18.2 Å². The van der Waals surface area contributed by atoms with Crippen molar-refractivity contribution in [3.63, 3.8) is 0 Å². The number of hydrogen-bond donors (Lipinski definition) is 0. The second-order valence-corrected chi connectivity index (χ2v) is 14.6. The summed E-state index contributed by atoms with van der Waals surface area (Å²) in [5.41, 5.74) is 2.88. The quantitative estimate of drug-likeness (QED) is 0.0929. The van der Waals surface area contributed by atoms with Crippen LogP contribution in [0.2, 0.25) is 0 Å². The summed E-state index contributed by atoms with van der Waals surface area (Å²) in [6, 6.07) is 6.39.